The molecule has 1 unspecified atom stereocenters. The fraction of sp³-hybridized carbons (Fsp3) is 0.161. The molecule has 2 N–H and O–H groups in total. The first-order valence-electron chi connectivity index (χ1n) is 12.3. The molecule has 5 rings (SSSR count). The molecular formula is C31H29N3O3. The third-order valence-electron chi connectivity index (χ3n) is 6.39. The number of hydrogen-bond donors (Lipinski definition) is 2. The van der Waals surface area contributed by atoms with Gasteiger partial charge in [-0.05, 0) is 41.8 Å². The number of aryl methyl sites for hydroxylation is 1. The van der Waals surface area contributed by atoms with Crippen LogP contribution in [0.2, 0.25) is 0 Å². The largest absolute Gasteiger partial charge is 0.489 e. The van der Waals surface area contributed by atoms with Crippen molar-refractivity contribution in [2.24, 2.45) is 0 Å². The number of nitrogens with zero attached hydrogens (tertiary/aromatic N) is 2. The van der Waals surface area contributed by atoms with E-state index in [-0.39, 0.29) is 12.5 Å². The van der Waals surface area contributed by atoms with Crippen LogP contribution in [0.25, 0.3) is 10.9 Å². The Kier molecular flexibility index (Phi) is 7.28. The van der Waals surface area contributed by atoms with Gasteiger partial charge in [0.1, 0.15) is 17.9 Å². The Morgan fingerprint density at radius 1 is 0.919 bits per heavy atom. The normalized spacial score (nSPS) is 11.8. The summed E-state index contributed by atoms with van der Waals surface area (Å²) in [7, 11) is 0. The van der Waals surface area contributed by atoms with Gasteiger partial charge in [0, 0.05) is 17.6 Å². The van der Waals surface area contributed by atoms with Gasteiger partial charge in [0.15, 0.2) is 0 Å². The second-order valence-electron chi connectivity index (χ2n) is 9.08. The Morgan fingerprint density at radius 2 is 1.62 bits per heavy atom. The summed E-state index contributed by atoms with van der Waals surface area (Å²) in [5.41, 5.74) is 4.78. The van der Waals surface area contributed by atoms with Crippen LogP contribution < -0.4 is 4.74 Å². The zero-order chi connectivity index (χ0) is 25.6. The topological polar surface area (TPSA) is 78.5 Å². The number of ether oxygens (including phenoxy) is 1. The van der Waals surface area contributed by atoms with E-state index in [0.717, 1.165) is 22.2 Å². The monoisotopic (exact) mass is 491 g/mol. The van der Waals surface area contributed by atoms with Crippen LogP contribution >= 0.6 is 0 Å². The van der Waals surface area contributed by atoms with E-state index in [4.69, 9.17) is 4.74 Å². The predicted molar refractivity (Wildman–Crippen MR) is 144 cm³/mol. The minimum absolute atomic E-state index is 0.121. The number of nitrogens with one attached hydrogen (secondary N) is 1. The molecule has 1 aromatic heterocycles. The Labute approximate surface area is 216 Å². The second-order valence-corrected chi connectivity index (χ2v) is 9.08. The van der Waals surface area contributed by atoms with Crippen LogP contribution in [0.3, 0.4) is 0 Å². The van der Waals surface area contributed by atoms with Crippen molar-refractivity contribution in [3.8, 4) is 5.75 Å². The molecule has 1 heterocycles. The maximum absolute atomic E-state index is 13.8. The zero-order valence-corrected chi connectivity index (χ0v) is 20.7. The molecule has 0 spiro atoms. The molecule has 0 aliphatic carbocycles. The molecule has 37 heavy (non-hydrogen) atoms. The third-order valence-corrected chi connectivity index (χ3v) is 6.39. The summed E-state index contributed by atoms with van der Waals surface area (Å²) >= 11 is 0. The highest BCUT2D eigenvalue weighted by Gasteiger charge is 2.23. The van der Waals surface area contributed by atoms with Crippen LogP contribution in [0.4, 0.5) is 0 Å². The summed E-state index contributed by atoms with van der Waals surface area (Å²) in [6.45, 7) is 2.85. The average molecular weight is 492 g/mol. The lowest BCUT2D eigenvalue weighted by Crippen LogP contribution is -2.34. The van der Waals surface area contributed by atoms with Gasteiger partial charge in [-0.15, -0.1) is 0 Å². The maximum atomic E-state index is 13.8. The van der Waals surface area contributed by atoms with E-state index in [1.807, 2.05) is 104 Å². The number of benzene rings is 4. The van der Waals surface area contributed by atoms with E-state index in [9.17, 15) is 9.90 Å². The lowest BCUT2D eigenvalue weighted by Gasteiger charge is -2.26. The van der Waals surface area contributed by atoms with Crippen molar-refractivity contribution in [3.63, 3.8) is 0 Å². The van der Waals surface area contributed by atoms with Crippen molar-refractivity contribution >= 4 is 16.8 Å². The Bertz CT molecular complexity index is 1480. The van der Waals surface area contributed by atoms with Crippen molar-refractivity contribution in [3.05, 3.63) is 131 Å². The number of aliphatic hydroxyl groups is 1. The molecule has 6 nitrogen and oxygen atoms in total. The SMILES string of the molecule is Cc1[nH]nc2c(C(=O)N(Cc3ccccc3)CC(O)c3cccc(OCc4ccccc4)c3)cccc12. The number of carbonyl (C=O) groups excluding carboxylic acids is 1. The summed E-state index contributed by atoms with van der Waals surface area (Å²) in [6.07, 6.45) is -0.895. The summed E-state index contributed by atoms with van der Waals surface area (Å²) in [6, 6.07) is 32.7. The molecule has 0 fully saturated rings. The first-order chi connectivity index (χ1) is 18.1. The Hall–Kier alpha value is -4.42. The smallest absolute Gasteiger partial charge is 0.256 e. The van der Waals surface area contributed by atoms with Crippen molar-refractivity contribution < 1.29 is 14.6 Å². The Balaban J connectivity index is 1.38. The van der Waals surface area contributed by atoms with Gasteiger partial charge in [-0.1, -0.05) is 84.9 Å². The van der Waals surface area contributed by atoms with Gasteiger partial charge in [-0.25, -0.2) is 0 Å². The van der Waals surface area contributed by atoms with Gasteiger partial charge in [0.2, 0.25) is 0 Å². The summed E-state index contributed by atoms with van der Waals surface area (Å²) in [4.78, 5) is 15.5. The van der Waals surface area contributed by atoms with E-state index in [1.165, 1.54) is 0 Å². The minimum Gasteiger partial charge on any atom is -0.489 e. The molecule has 5 aromatic rings. The standard InChI is InChI=1S/C31H29N3O3/c1-22-27-16-9-17-28(30(27)33-32-22)31(36)34(19-23-10-4-2-5-11-23)20-29(35)25-14-8-15-26(18-25)37-21-24-12-6-3-7-13-24/h2-18,29,35H,19-21H2,1H3,(H,32,33). The molecule has 0 aliphatic rings. The molecule has 0 aliphatic heterocycles. The minimum atomic E-state index is -0.895. The third kappa shape index (κ3) is 5.71. The van der Waals surface area contributed by atoms with E-state index < -0.39 is 6.10 Å². The van der Waals surface area contributed by atoms with E-state index >= 15 is 0 Å². The van der Waals surface area contributed by atoms with Gasteiger partial charge in [0.25, 0.3) is 5.91 Å². The Morgan fingerprint density at radius 3 is 2.38 bits per heavy atom. The number of fused-ring (bicyclic) bond motifs is 1. The van der Waals surface area contributed by atoms with Crippen molar-refractivity contribution in [1.29, 1.82) is 0 Å². The van der Waals surface area contributed by atoms with Gasteiger partial charge < -0.3 is 14.7 Å². The highest BCUT2D eigenvalue weighted by atomic mass is 16.5. The number of para-hydroxylation sites is 1. The highest BCUT2D eigenvalue weighted by Crippen LogP contribution is 2.25. The zero-order valence-electron chi connectivity index (χ0n) is 20.7. The van der Waals surface area contributed by atoms with E-state index in [1.54, 1.807) is 11.0 Å². The number of carbonyl (C=O) groups is 1. The lowest BCUT2D eigenvalue weighted by atomic mass is 10.1. The molecule has 0 bridgehead atoms. The molecule has 4 aromatic carbocycles. The quantitative estimate of drug-likeness (QED) is 0.272. The number of aromatic nitrogens is 2. The summed E-state index contributed by atoms with van der Waals surface area (Å²) < 4.78 is 5.95. The fourth-order valence-electron chi connectivity index (χ4n) is 4.40. The second kappa shape index (κ2) is 11.1. The maximum Gasteiger partial charge on any atom is 0.256 e. The number of rotatable bonds is 9. The number of hydrogen-bond acceptors (Lipinski definition) is 4. The first-order valence-corrected chi connectivity index (χ1v) is 12.3. The molecular weight excluding hydrogens is 462 g/mol. The van der Waals surface area contributed by atoms with Gasteiger partial charge in [-0.2, -0.15) is 5.10 Å². The van der Waals surface area contributed by atoms with Crippen LogP contribution in [0, 0.1) is 6.92 Å². The number of amides is 1. The molecule has 0 saturated heterocycles. The number of H-pyrrole nitrogens is 1. The molecule has 1 atom stereocenters. The van der Waals surface area contributed by atoms with Gasteiger partial charge >= 0.3 is 0 Å². The fourth-order valence-corrected chi connectivity index (χ4v) is 4.40. The van der Waals surface area contributed by atoms with E-state index in [2.05, 4.69) is 10.2 Å². The molecule has 0 radical (unpaired) electrons. The van der Waals surface area contributed by atoms with Gasteiger partial charge in [-0.3, -0.25) is 9.89 Å². The van der Waals surface area contributed by atoms with Crippen molar-refractivity contribution in [2.75, 3.05) is 6.54 Å². The number of aliphatic hydroxyl groups excluding tert-OH is 1. The average Bonchev–Trinajstić information content (AvgIpc) is 3.33. The van der Waals surface area contributed by atoms with Crippen LogP contribution in [0.1, 0.15) is 38.8 Å². The van der Waals surface area contributed by atoms with Gasteiger partial charge in [0.05, 0.1) is 18.2 Å². The van der Waals surface area contributed by atoms with Crippen LogP contribution in [-0.2, 0) is 13.2 Å². The molecule has 186 valence electrons. The van der Waals surface area contributed by atoms with E-state index in [0.29, 0.717) is 35.5 Å². The van der Waals surface area contributed by atoms with Crippen LogP contribution in [-0.4, -0.2) is 32.7 Å². The first kappa shape index (κ1) is 24.3. The summed E-state index contributed by atoms with van der Waals surface area (Å²) in [5.74, 6) is 0.481. The van der Waals surface area contributed by atoms with Crippen LogP contribution in [0.15, 0.2) is 103 Å². The molecule has 1 amide bonds. The molecule has 0 saturated carbocycles. The van der Waals surface area contributed by atoms with Crippen LogP contribution in [0.5, 0.6) is 5.75 Å². The lowest BCUT2D eigenvalue weighted by molar-refractivity contribution is 0.0605. The predicted octanol–water partition coefficient (Wildman–Crippen LogP) is 5.83. The number of aromatic amines is 1. The summed E-state index contributed by atoms with van der Waals surface area (Å²) in [5, 5.41) is 19.5. The highest BCUT2D eigenvalue weighted by molar-refractivity contribution is 6.06. The molecule has 6 heteroatoms. The van der Waals surface area contributed by atoms with Crippen molar-refractivity contribution in [2.45, 2.75) is 26.2 Å². The van der Waals surface area contributed by atoms with Crippen molar-refractivity contribution in [1.82, 2.24) is 15.1 Å².